The molecule has 6 nitrogen and oxygen atoms in total. The number of hydrogen-bond acceptors (Lipinski definition) is 5. The third-order valence-electron chi connectivity index (χ3n) is 6.92. The van der Waals surface area contributed by atoms with Crippen LogP contribution in [0.3, 0.4) is 0 Å². The number of benzene rings is 1. The fourth-order valence-electron chi connectivity index (χ4n) is 5.70. The summed E-state index contributed by atoms with van der Waals surface area (Å²) in [6.07, 6.45) is 5.48. The van der Waals surface area contributed by atoms with E-state index in [1.165, 1.54) is 12.7 Å². The number of aryl methyl sites for hydroxylation is 1. The zero-order valence-corrected chi connectivity index (χ0v) is 16.0. The summed E-state index contributed by atoms with van der Waals surface area (Å²) >= 11 is 0. The number of nitrogens with two attached hydrogens (primary N) is 1. The molecule has 0 aromatic heterocycles. The van der Waals surface area contributed by atoms with Crippen molar-refractivity contribution >= 4 is 16.1 Å². The second kappa shape index (κ2) is 5.96. The lowest BCUT2D eigenvalue weighted by Gasteiger charge is -2.48. The van der Waals surface area contributed by atoms with Gasteiger partial charge >= 0.3 is 10.3 Å². The lowest BCUT2D eigenvalue weighted by atomic mass is 9.55. The maximum absolute atomic E-state index is 12.4. The molecule has 0 bridgehead atoms. The van der Waals surface area contributed by atoms with E-state index in [2.05, 4.69) is 6.92 Å². The second-order valence-corrected chi connectivity index (χ2v) is 9.26. The van der Waals surface area contributed by atoms with Gasteiger partial charge in [-0.2, -0.15) is 13.6 Å². The van der Waals surface area contributed by atoms with Crippen LogP contribution >= 0.6 is 0 Å². The average Bonchev–Trinajstić information content (AvgIpc) is 2.88. The van der Waals surface area contributed by atoms with Gasteiger partial charge in [-0.05, 0) is 73.1 Å². The Morgan fingerprint density at radius 2 is 1.92 bits per heavy atom. The van der Waals surface area contributed by atoms with Gasteiger partial charge in [-0.15, -0.1) is 0 Å². The van der Waals surface area contributed by atoms with Crippen LogP contribution in [0.25, 0.3) is 0 Å². The van der Waals surface area contributed by atoms with Crippen molar-refractivity contribution in [1.82, 2.24) is 0 Å². The number of fused-ring (bicyclic) bond motifs is 5. The van der Waals surface area contributed by atoms with Crippen molar-refractivity contribution in [1.29, 1.82) is 0 Å². The Balaban J connectivity index is 1.72. The van der Waals surface area contributed by atoms with Crippen molar-refractivity contribution in [3.63, 3.8) is 0 Å². The summed E-state index contributed by atoms with van der Waals surface area (Å²) in [6, 6.07) is 3.66. The number of ketones is 1. The van der Waals surface area contributed by atoms with E-state index in [9.17, 15) is 13.2 Å². The van der Waals surface area contributed by atoms with E-state index in [1.54, 1.807) is 6.07 Å². The Bertz CT molecular complexity index is 865. The first-order valence-electron chi connectivity index (χ1n) is 9.19. The Labute approximate surface area is 154 Å². The molecule has 0 saturated heterocycles. The lowest BCUT2D eigenvalue weighted by molar-refractivity contribution is -0.129. The molecule has 4 atom stereocenters. The van der Waals surface area contributed by atoms with Gasteiger partial charge < -0.3 is 8.92 Å². The zero-order valence-electron chi connectivity index (χ0n) is 15.2. The largest absolute Gasteiger partial charge is 0.493 e. The Hall–Kier alpha value is -1.60. The molecule has 0 amide bonds. The molecule has 7 heteroatoms. The summed E-state index contributed by atoms with van der Waals surface area (Å²) in [5, 5.41) is 5.02. The molecule has 4 unspecified atom stereocenters. The smallest absolute Gasteiger partial charge is 0.380 e. The van der Waals surface area contributed by atoms with Crippen LogP contribution in [0.15, 0.2) is 12.1 Å². The molecule has 0 heterocycles. The van der Waals surface area contributed by atoms with Crippen molar-refractivity contribution in [2.24, 2.45) is 22.4 Å². The summed E-state index contributed by atoms with van der Waals surface area (Å²) in [6.45, 7) is 2.16. The van der Waals surface area contributed by atoms with Crippen LogP contribution in [0.2, 0.25) is 0 Å². The van der Waals surface area contributed by atoms with Crippen LogP contribution in [-0.2, 0) is 21.5 Å². The van der Waals surface area contributed by atoms with Gasteiger partial charge in [0.15, 0.2) is 11.5 Å². The molecule has 142 valence electrons. The minimum atomic E-state index is -4.10. The quantitative estimate of drug-likeness (QED) is 0.871. The molecule has 2 N–H and O–H groups in total. The van der Waals surface area contributed by atoms with Crippen LogP contribution < -0.4 is 14.1 Å². The summed E-state index contributed by atoms with van der Waals surface area (Å²) < 4.78 is 32.9. The number of methoxy groups -OCH3 is 1. The fourth-order valence-corrected chi connectivity index (χ4v) is 6.08. The number of hydrogen-bond donors (Lipinski definition) is 1. The fraction of sp³-hybridized carbons (Fsp3) is 0.632. The highest BCUT2D eigenvalue weighted by atomic mass is 32.2. The van der Waals surface area contributed by atoms with Crippen LogP contribution in [0.5, 0.6) is 11.5 Å². The zero-order chi connectivity index (χ0) is 18.7. The van der Waals surface area contributed by atoms with Gasteiger partial charge in [-0.1, -0.05) is 6.92 Å². The summed E-state index contributed by atoms with van der Waals surface area (Å²) in [5.74, 6) is 2.30. The number of ether oxygens (including phenoxy) is 1. The molecule has 0 radical (unpaired) electrons. The van der Waals surface area contributed by atoms with Gasteiger partial charge in [0.2, 0.25) is 0 Å². The molecular formula is C19H25NO5S. The number of Topliss-reactive ketones (excluding diaryl/α,β-unsaturated/α-hetero) is 1. The summed E-state index contributed by atoms with van der Waals surface area (Å²) in [7, 11) is -2.61. The first-order chi connectivity index (χ1) is 12.2. The van der Waals surface area contributed by atoms with E-state index >= 15 is 0 Å². The molecule has 26 heavy (non-hydrogen) atoms. The van der Waals surface area contributed by atoms with E-state index < -0.39 is 10.3 Å². The molecule has 1 aromatic rings. The molecule has 1 aromatic carbocycles. The van der Waals surface area contributed by atoms with Crippen molar-refractivity contribution in [2.75, 3.05) is 7.11 Å². The van der Waals surface area contributed by atoms with Gasteiger partial charge in [0, 0.05) is 11.8 Å². The van der Waals surface area contributed by atoms with E-state index in [1.807, 2.05) is 6.07 Å². The number of carbonyl (C=O) groups excluding carboxylic acids is 1. The van der Waals surface area contributed by atoms with Crippen LogP contribution in [0.4, 0.5) is 0 Å². The number of rotatable bonds is 3. The Kier molecular flexibility index (Phi) is 4.08. The molecule has 2 fully saturated rings. The molecular weight excluding hydrogens is 354 g/mol. The monoisotopic (exact) mass is 379 g/mol. The summed E-state index contributed by atoms with van der Waals surface area (Å²) in [4.78, 5) is 12.4. The van der Waals surface area contributed by atoms with E-state index in [4.69, 9.17) is 14.1 Å². The highest BCUT2D eigenvalue weighted by Gasteiger charge is 2.54. The normalized spacial score (nSPS) is 33.2. The maximum Gasteiger partial charge on any atom is 0.380 e. The highest BCUT2D eigenvalue weighted by Crippen LogP contribution is 2.60. The Morgan fingerprint density at radius 1 is 1.15 bits per heavy atom. The predicted octanol–water partition coefficient (Wildman–Crippen LogP) is 2.70. The van der Waals surface area contributed by atoms with Crippen molar-refractivity contribution in [3.8, 4) is 11.5 Å². The van der Waals surface area contributed by atoms with Crippen molar-refractivity contribution in [2.45, 2.75) is 51.4 Å². The van der Waals surface area contributed by atoms with Crippen LogP contribution in [0.1, 0.15) is 56.1 Å². The van der Waals surface area contributed by atoms with E-state index in [0.717, 1.165) is 37.7 Å². The number of carbonyl (C=O) groups is 1. The molecule has 4 rings (SSSR count). The van der Waals surface area contributed by atoms with Crippen LogP contribution in [0, 0.1) is 17.3 Å². The van der Waals surface area contributed by atoms with Crippen molar-refractivity contribution < 1.29 is 22.1 Å². The van der Waals surface area contributed by atoms with E-state index in [-0.39, 0.29) is 11.2 Å². The average molecular weight is 379 g/mol. The molecule has 3 aliphatic rings. The van der Waals surface area contributed by atoms with Crippen LogP contribution in [-0.4, -0.2) is 21.3 Å². The van der Waals surface area contributed by atoms with Gasteiger partial charge in [-0.3, -0.25) is 4.79 Å². The topological polar surface area (TPSA) is 95.7 Å². The molecule has 0 aliphatic heterocycles. The van der Waals surface area contributed by atoms with Gasteiger partial charge in [0.25, 0.3) is 0 Å². The molecule has 2 saturated carbocycles. The Morgan fingerprint density at radius 3 is 2.62 bits per heavy atom. The van der Waals surface area contributed by atoms with Gasteiger partial charge in [0.1, 0.15) is 5.78 Å². The first-order valence-corrected chi connectivity index (χ1v) is 10.7. The summed E-state index contributed by atoms with van der Waals surface area (Å²) in [5.41, 5.74) is 2.15. The van der Waals surface area contributed by atoms with Crippen molar-refractivity contribution in [3.05, 3.63) is 23.3 Å². The maximum atomic E-state index is 12.4. The minimum absolute atomic E-state index is 0.142. The lowest BCUT2D eigenvalue weighted by Crippen LogP contribution is -2.42. The van der Waals surface area contributed by atoms with E-state index in [0.29, 0.717) is 35.7 Å². The molecule has 0 spiro atoms. The van der Waals surface area contributed by atoms with Gasteiger partial charge in [-0.25, -0.2) is 0 Å². The minimum Gasteiger partial charge on any atom is -0.493 e. The standard InChI is InChI=1S/C19H25NO5S/c1-19-8-7-12-13(15(19)5-6-18(19)21)4-3-11-9-17(25-26(20,22)23)16(24-2)10-14(11)12/h9-10,12-13,15H,3-8H2,1-2H3,(H2,20,22,23). The first kappa shape index (κ1) is 17.8. The molecule has 3 aliphatic carbocycles. The predicted molar refractivity (Wildman–Crippen MR) is 96.4 cm³/mol. The second-order valence-electron chi connectivity index (χ2n) is 8.11. The highest BCUT2D eigenvalue weighted by molar-refractivity contribution is 7.84. The third kappa shape index (κ3) is 2.72. The van der Waals surface area contributed by atoms with Gasteiger partial charge in [0.05, 0.1) is 7.11 Å². The SMILES string of the molecule is COc1cc2c(cc1OS(N)(=O)=O)CCC1C2CCC2(C)C(=O)CCC12. The third-order valence-corrected chi connectivity index (χ3v) is 7.34.